The van der Waals surface area contributed by atoms with E-state index in [4.69, 9.17) is 16.3 Å². The molecule has 1 heterocycles. The number of ether oxygens (including phenoxy) is 1. The van der Waals surface area contributed by atoms with Crippen molar-refractivity contribution in [1.29, 1.82) is 0 Å². The fourth-order valence-electron chi connectivity index (χ4n) is 2.06. The summed E-state index contributed by atoms with van der Waals surface area (Å²) < 4.78 is 5.82. The second kappa shape index (κ2) is 6.64. The Balaban J connectivity index is 2.01. The summed E-state index contributed by atoms with van der Waals surface area (Å²) in [7, 11) is 1.99. The maximum atomic E-state index is 6.19. The van der Waals surface area contributed by atoms with Crippen LogP contribution in [0.15, 0.2) is 24.3 Å². The molecular weight excluding hydrogens is 254 g/mol. The third kappa shape index (κ3) is 3.62. The van der Waals surface area contributed by atoms with Crippen molar-refractivity contribution >= 4 is 23.4 Å². The Morgan fingerprint density at radius 3 is 3.00 bits per heavy atom. The fourth-order valence-corrected chi connectivity index (χ4v) is 3.21. The number of rotatable bonds is 4. The maximum absolute atomic E-state index is 6.19. The Kier molecular flexibility index (Phi) is 5.16. The third-order valence-corrected chi connectivity index (χ3v) is 4.45. The number of hydrogen-bond donors (Lipinski definition) is 1. The van der Waals surface area contributed by atoms with Crippen molar-refractivity contribution in [2.75, 3.05) is 25.2 Å². The summed E-state index contributed by atoms with van der Waals surface area (Å²) in [6.45, 7) is 0.857. The van der Waals surface area contributed by atoms with Gasteiger partial charge >= 0.3 is 0 Å². The van der Waals surface area contributed by atoms with Gasteiger partial charge in [0.2, 0.25) is 0 Å². The molecule has 4 heteroatoms. The molecule has 2 nitrogen and oxygen atoms in total. The van der Waals surface area contributed by atoms with E-state index in [-0.39, 0.29) is 6.10 Å². The van der Waals surface area contributed by atoms with Gasteiger partial charge in [0.25, 0.3) is 0 Å². The van der Waals surface area contributed by atoms with Gasteiger partial charge < -0.3 is 10.1 Å². The lowest BCUT2D eigenvalue weighted by Crippen LogP contribution is -2.44. The van der Waals surface area contributed by atoms with Crippen molar-refractivity contribution in [1.82, 2.24) is 5.32 Å². The van der Waals surface area contributed by atoms with Crippen molar-refractivity contribution < 1.29 is 4.74 Å². The van der Waals surface area contributed by atoms with E-state index in [1.807, 2.05) is 37.0 Å². The average Bonchev–Trinajstić information content (AvgIpc) is 2.39. The highest BCUT2D eigenvalue weighted by atomic mass is 35.5. The lowest BCUT2D eigenvalue weighted by Gasteiger charge is -2.30. The summed E-state index contributed by atoms with van der Waals surface area (Å²) in [4.78, 5) is 0. The van der Waals surface area contributed by atoms with Gasteiger partial charge in [0, 0.05) is 22.6 Å². The zero-order valence-electron chi connectivity index (χ0n) is 9.99. The molecule has 0 aromatic heterocycles. The summed E-state index contributed by atoms with van der Waals surface area (Å²) in [5.41, 5.74) is 1.19. The molecule has 1 N–H and O–H groups in total. The van der Waals surface area contributed by atoms with Crippen LogP contribution in [0.3, 0.4) is 0 Å². The molecule has 2 rings (SSSR count). The summed E-state index contributed by atoms with van der Waals surface area (Å²) in [5, 5.41) is 4.19. The van der Waals surface area contributed by atoms with Crippen molar-refractivity contribution in [3.63, 3.8) is 0 Å². The molecule has 1 aromatic carbocycles. The van der Waals surface area contributed by atoms with Crippen molar-refractivity contribution in [3.8, 4) is 0 Å². The van der Waals surface area contributed by atoms with Crippen LogP contribution < -0.4 is 5.32 Å². The third-order valence-electron chi connectivity index (χ3n) is 3.06. The quantitative estimate of drug-likeness (QED) is 0.910. The largest absolute Gasteiger partial charge is 0.375 e. The monoisotopic (exact) mass is 271 g/mol. The van der Waals surface area contributed by atoms with Gasteiger partial charge in [-0.05, 0) is 25.1 Å². The first-order chi connectivity index (χ1) is 8.31. The van der Waals surface area contributed by atoms with Crippen molar-refractivity contribution in [2.24, 2.45) is 0 Å². The van der Waals surface area contributed by atoms with Gasteiger partial charge in [0.05, 0.1) is 12.7 Å². The van der Waals surface area contributed by atoms with Gasteiger partial charge in [0.15, 0.2) is 0 Å². The standard InChI is InChI=1S/C13H18ClNOS/c1-15-12(13-9-17-7-6-16-13)8-10-4-2-3-5-11(10)14/h2-5,12-13,15H,6-9H2,1H3. The van der Waals surface area contributed by atoms with E-state index in [0.717, 1.165) is 29.6 Å². The number of thioether (sulfide) groups is 1. The van der Waals surface area contributed by atoms with Gasteiger partial charge in [-0.3, -0.25) is 0 Å². The van der Waals surface area contributed by atoms with E-state index in [9.17, 15) is 0 Å². The van der Waals surface area contributed by atoms with Crippen molar-refractivity contribution in [2.45, 2.75) is 18.6 Å². The van der Waals surface area contributed by atoms with Gasteiger partial charge in [-0.1, -0.05) is 29.8 Å². The van der Waals surface area contributed by atoms with Crippen LogP contribution in [0, 0.1) is 0 Å². The molecule has 0 radical (unpaired) electrons. The van der Waals surface area contributed by atoms with Crippen LogP contribution in [0.1, 0.15) is 5.56 Å². The Morgan fingerprint density at radius 1 is 1.53 bits per heavy atom. The molecule has 94 valence electrons. The minimum atomic E-state index is 0.287. The molecule has 1 aliphatic heterocycles. The van der Waals surface area contributed by atoms with E-state index in [1.165, 1.54) is 5.56 Å². The molecular formula is C13H18ClNOS. The smallest absolute Gasteiger partial charge is 0.0821 e. The predicted octanol–water partition coefficient (Wildman–Crippen LogP) is 2.60. The summed E-state index contributed by atoms with van der Waals surface area (Å²) in [6, 6.07) is 8.36. The molecule has 1 saturated heterocycles. The first-order valence-electron chi connectivity index (χ1n) is 5.91. The molecule has 0 amide bonds. The normalized spacial score (nSPS) is 22.4. The Morgan fingerprint density at radius 2 is 2.35 bits per heavy atom. The Labute approximate surface area is 112 Å². The topological polar surface area (TPSA) is 21.3 Å². The molecule has 0 aliphatic carbocycles. The van der Waals surface area contributed by atoms with Crippen LogP contribution in [0.4, 0.5) is 0 Å². The van der Waals surface area contributed by atoms with E-state index < -0.39 is 0 Å². The average molecular weight is 272 g/mol. The predicted molar refractivity (Wildman–Crippen MR) is 75.1 cm³/mol. The SMILES string of the molecule is CNC(Cc1ccccc1Cl)C1CSCCO1. The van der Waals surface area contributed by atoms with Gasteiger partial charge in [0.1, 0.15) is 0 Å². The number of nitrogens with one attached hydrogen (secondary N) is 1. The first kappa shape index (κ1) is 13.2. The highest BCUT2D eigenvalue weighted by molar-refractivity contribution is 7.99. The lowest BCUT2D eigenvalue weighted by molar-refractivity contribution is 0.0492. The molecule has 2 atom stereocenters. The zero-order valence-corrected chi connectivity index (χ0v) is 11.6. The van der Waals surface area contributed by atoms with E-state index in [2.05, 4.69) is 11.4 Å². The van der Waals surface area contributed by atoms with Crippen LogP contribution in [0.5, 0.6) is 0 Å². The molecule has 2 unspecified atom stereocenters. The summed E-state index contributed by atoms with van der Waals surface area (Å²) >= 11 is 8.15. The Hall–Kier alpha value is -0.220. The van der Waals surface area contributed by atoms with Crippen LogP contribution in [-0.2, 0) is 11.2 Å². The van der Waals surface area contributed by atoms with E-state index in [1.54, 1.807) is 0 Å². The molecule has 0 saturated carbocycles. The second-order valence-corrected chi connectivity index (χ2v) is 5.73. The van der Waals surface area contributed by atoms with Crippen LogP contribution in [-0.4, -0.2) is 37.3 Å². The number of hydrogen-bond acceptors (Lipinski definition) is 3. The second-order valence-electron chi connectivity index (χ2n) is 4.17. The molecule has 1 aliphatic rings. The number of likely N-dealkylation sites (N-methyl/N-ethyl adjacent to an activating group) is 1. The fraction of sp³-hybridized carbons (Fsp3) is 0.538. The molecule has 1 aromatic rings. The van der Waals surface area contributed by atoms with E-state index in [0.29, 0.717) is 6.04 Å². The van der Waals surface area contributed by atoms with Gasteiger partial charge in [-0.25, -0.2) is 0 Å². The minimum absolute atomic E-state index is 0.287. The maximum Gasteiger partial charge on any atom is 0.0821 e. The zero-order chi connectivity index (χ0) is 12.1. The molecule has 17 heavy (non-hydrogen) atoms. The van der Waals surface area contributed by atoms with E-state index >= 15 is 0 Å². The highest BCUT2D eigenvalue weighted by Gasteiger charge is 2.24. The summed E-state index contributed by atoms with van der Waals surface area (Å²) in [5.74, 6) is 2.18. The summed E-state index contributed by atoms with van der Waals surface area (Å²) in [6.07, 6.45) is 1.21. The molecule has 0 spiro atoms. The highest BCUT2D eigenvalue weighted by Crippen LogP contribution is 2.21. The van der Waals surface area contributed by atoms with Crippen LogP contribution >= 0.6 is 23.4 Å². The Bertz CT molecular complexity index is 355. The number of benzene rings is 1. The number of halogens is 1. The molecule has 1 fully saturated rings. The molecule has 0 bridgehead atoms. The van der Waals surface area contributed by atoms with Gasteiger partial charge in [-0.15, -0.1) is 0 Å². The van der Waals surface area contributed by atoms with Crippen LogP contribution in [0.2, 0.25) is 5.02 Å². The van der Waals surface area contributed by atoms with Gasteiger partial charge in [-0.2, -0.15) is 11.8 Å². The first-order valence-corrected chi connectivity index (χ1v) is 7.44. The minimum Gasteiger partial charge on any atom is -0.375 e. The lowest BCUT2D eigenvalue weighted by atomic mass is 10.0. The van der Waals surface area contributed by atoms with Crippen LogP contribution in [0.25, 0.3) is 0 Å². The van der Waals surface area contributed by atoms with Crippen molar-refractivity contribution in [3.05, 3.63) is 34.9 Å².